The molecule has 4 aromatic rings. The summed E-state index contributed by atoms with van der Waals surface area (Å²) < 4.78 is 7.29. The number of para-hydroxylation sites is 1. The maximum Gasteiger partial charge on any atom is 0.308 e. The number of methoxy groups -OCH3 is 1. The monoisotopic (exact) mass is 651 g/mol. The number of anilines is 2. The second-order valence-electron chi connectivity index (χ2n) is 9.49. The molecule has 0 spiro atoms. The Kier molecular flexibility index (Phi) is 7.22. The van der Waals surface area contributed by atoms with Gasteiger partial charge in [-0.3, -0.25) is 23.7 Å². The molecule has 2 N–H and O–H groups in total. The average molecular weight is 653 g/mol. The third-order valence-corrected chi connectivity index (χ3v) is 10.2. The van der Waals surface area contributed by atoms with Crippen LogP contribution in [-0.2, 0) is 20.9 Å². The summed E-state index contributed by atoms with van der Waals surface area (Å²) in [5, 5.41) is 13.2. The number of carbonyl (C=O) groups is 3. The Morgan fingerprint density at radius 2 is 1.71 bits per heavy atom. The summed E-state index contributed by atoms with van der Waals surface area (Å²) in [6.45, 7) is -0.285. The Balaban J connectivity index is 1.39. The van der Waals surface area contributed by atoms with Crippen LogP contribution in [0.1, 0.15) is 16.4 Å². The number of hydrogen-bond donors (Lipinski definition) is 2. The number of thioether (sulfide) groups is 1. The highest BCUT2D eigenvalue weighted by atomic mass is 79.9. The number of ether oxygens (including phenoxy) is 1. The average Bonchev–Trinajstić information content (AvgIpc) is 3.40. The van der Waals surface area contributed by atoms with E-state index in [-0.39, 0.29) is 12.3 Å². The molecule has 1 aromatic heterocycles. The number of nitrogens with one attached hydrogen (secondary N) is 1. The summed E-state index contributed by atoms with van der Waals surface area (Å²) in [6, 6.07) is 20.3. The van der Waals surface area contributed by atoms with Gasteiger partial charge >= 0.3 is 4.87 Å². The van der Waals surface area contributed by atoms with Crippen molar-refractivity contribution in [1.82, 2.24) is 4.57 Å². The summed E-state index contributed by atoms with van der Waals surface area (Å²) in [7, 11) is 1.55. The smallest absolute Gasteiger partial charge is 0.308 e. The Labute approximate surface area is 250 Å². The third kappa shape index (κ3) is 4.85. The van der Waals surface area contributed by atoms with Crippen molar-refractivity contribution in [2.75, 3.05) is 17.3 Å². The number of benzene rings is 3. The number of phenols is 1. The Morgan fingerprint density at radius 3 is 2.39 bits per heavy atom. The van der Waals surface area contributed by atoms with Crippen molar-refractivity contribution in [3.05, 3.63) is 97.4 Å². The van der Waals surface area contributed by atoms with E-state index in [0.717, 1.165) is 27.6 Å². The number of rotatable bonds is 6. The Morgan fingerprint density at radius 1 is 1.00 bits per heavy atom. The summed E-state index contributed by atoms with van der Waals surface area (Å²) in [5.41, 5.74) is 1.42. The van der Waals surface area contributed by atoms with Gasteiger partial charge in [-0.2, -0.15) is 0 Å². The SMILES string of the molecule is COc1ccc(NC(=O)Cn2c3c(sc2=O)[C@@H](c2ccccc2O)C2C(=O)N(c4ccc(Br)cc4)C(=O)C2S3)cc1. The van der Waals surface area contributed by atoms with E-state index in [2.05, 4.69) is 21.2 Å². The molecule has 0 radical (unpaired) electrons. The van der Waals surface area contributed by atoms with Gasteiger partial charge in [-0.1, -0.05) is 57.2 Å². The number of thiazole rings is 1. The van der Waals surface area contributed by atoms with Crippen LogP contribution in [0.25, 0.3) is 0 Å². The molecule has 0 saturated carbocycles. The lowest BCUT2D eigenvalue weighted by Crippen LogP contribution is -2.33. The first-order chi connectivity index (χ1) is 19.8. The molecule has 41 heavy (non-hydrogen) atoms. The fourth-order valence-corrected chi connectivity index (χ4v) is 8.23. The molecular formula is C29H22BrN3O6S2. The predicted octanol–water partition coefficient (Wildman–Crippen LogP) is 4.82. The molecule has 3 atom stereocenters. The van der Waals surface area contributed by atoms with E-state index in [4.69, 9.17) is 4.74 Å². The molecule has 1 saturated heterocycles. The maximum atomic E-state index is 13.9. The number of fused-ring (bicyclic) bond motifs is 2. The van der Waals surface area contributed by atoms with Gasteiger partial charge in [-0.05, 0) is 54.6 Å². The second kappa shape index (κ2) is 10.8. The Bertz CT molecular complexity index is 1730. The van der Waals surface area contributed by atoms with Gasteiger partial charge in [0.1, 0.15) is 23.3 Å². The van der Waals surface area contributed by atoms with Crippen molar-refractivity contribution in [2.24, 2.45) is 5.92 Å². The second-order valence-corrected chi connectivity index (χ2v) is 12.5. The molecular weight excluding hydrogens is 630 g/mol. The highest BCUT2D eigenvalue weighted by Crippen LogP contribution is 2.55. The van der Waals surface area contributed by atoms with E-state index < -0.39 is 39.7 Å². The van der Waals surface area contributed by atoms with Crippen LogP contribution in [0, 0.1) is 5.92 Å². The van der Waals surface area contributed by atoms with E-state index >= 15 is 0 Å². The van der Waals surface area contributed by atoms with Crippen LogP contribution < -0.4 is 19.8 Å². The van der Waals surface area contributed by atoms with Crippen molar-refractivity contribution >= 4 is 68.1 Å². The zero-order valence-corrected chi connectivity index (χ0v) is 24.7. The van der Waals surface area contributed by atoms with Gasteiger partial charge in [0.25, 0.3) is 0 Å². The van der Waals surface area contributed by atoms with Gasteiger partial charge < -0.3 is 15.2 Å². The molecule has 0 aliphatic carbocycles. The minimum Gasteiger partial charge on any atom is -0.508 e. The van der Waals surface area contributed by atoms with Crippen molar-refractivity contribution in [3.8, 4) is 11.5 Å². The topological polar surface area (TPSA) is 118 Å². The van der Waals surface area contributed by atoms with Crippen LogP contribution in [0.5, 0.6) is 11.5 Å². The highest BCUT2D eigenvalue weighted by Gasteiger charge is 2.57. The van der Waals surface area contributed by atoms with Crippen LogP contribution in [0.3, 0.4) is 0 Å². The van der Waals surface area contributed by atoms with Crippen LogP contribution in [0.15, 0.2) is 87.1 Å². The zero-order chi connectivity index (χ0) is 28.8. The third-order valence-electron chi connectivity index (χ3n) is 7.08. The number of carbonyl (C=O) groups excluding carboxylic acids is 3. The molecule has 12 heteroatoms. The molecule has 2 aliphatic rings. The normalized spacial score (nSPS) is 19.6. The summed E-state index contributed by atoms with van der Waals surface area (Å²) in [6.07, 6.45) is 0. The molecule has 6 rings (SSSR count). The van der Waals surface area contributed by atoms with E-state index in [1.165, 1.54) is 15.5 Å². The zero-order valence-electron chi connectivity index (χ0n) is 21.4. The minimum atomic E-state index is -0.854. The summed E-state index contributed by atoms with van der Waals surface area (Å²) in [4.78, 5) is 55.3. The first-order valence-corrected chi connectivity index (χ1v) is 15.0. The largest absolute Gasteiger partial charge is 0.508 e. The number of nitrogens with zero attached hydrogens (tertiary/aromatic N) is 2. The lowest BCUT2D eigenvalue weighted by Gasteiger charge is -2.31. The first kappa shape index (κ1) is 27.3. The van der Waals surface area contributed by atoms with E-state index in [1.54, 1.807) is 73.8 Å². The van der Waals surface area contributed by atoms with Gasteiger partial charge in [-0.25, -0.2) is 4.90 Å². The fourth-order valence-electron chi connectivity index (χ4n) is 5.20. The molecule has 9 nitrogen and oxygen atoms in total. The lowest BCUT2D eigenvalue weighted by atomic mass is 9.82. The number of phenolic OH excluding ortho intramolecular Hbond substituents is 1. The lowest BCUT2D eigenvalue weighted by molar-refractivity contribution is -0.122. The molecule has 0 bridgehead atoms. The number of imide groups is 1. The van der Waals surface area contributed by atoms with E-state index in [9.17, 15) is 24.3 Å². The van der Waals surface area contributed by atoms with E-state index in [1.807, 2.05) is 0 Å². The van der Waals surface area contributed by atoms with Crippen molar-refractivity contribution in [1.29, 1.82) is 0 Å². The highest BCUT2D eigenvalue weighted by molar-refractivity contribution is 9.10. The number of aromatic nitrogens is 1. The first-order valence-electron chi connectivity index (χ1n) is 12.5. The molecule has 208 valence electrons. The van der Waals surface area contributed by atoms with Crippen molar-refractivity contribution in [2.45, 2.75) is 22.7 Å². The minimum absolute atomic E-state index is 0.0407. The van der Waals surface area contributed by atoms with Crippen LogP contribution in [0.2, 0.25) is 0 Å². The predicted molar refractivity (Wildman–Crippen MR) is 160 cm³/mol. The van der Waals surface area contributed by atoms with Gasteiger partial charge in [0.05, 0.1) is 23.7 Å². The van der Waals surface area contributed by atoms with Crippen molar-refractivity contribution < 1.29 is 24.2 Å². The molecule has 1 fully saturated rings. The number of hydrogen-bond acceptors (Lipinski definition) is 8. The van der Waals surface area contributed by atoms with Gasteiger partial charge in [0, 0.05) is 26.5 Å². The molecule has 2 aliphatic heterocycles. The standard InChI is InChI=1S/C29H22BrN3O6S2/c1-39-18-12-8-16(9-13-18)31-21(35)14-32-28-25(41-29(32)38)22(19-4-2-3-5-20(19)34)23-24(40-28)27(37)33(26(23)36)17-10-6-15(30)7-11-17/h2-13,22-24,34H,14H2,1H3,(H,31,35)/t22-,23?,24?/m0/s1. The van der Waals surface area contributed by atoms with Gasteiger partial charge in [0.2, 0.25) is 17.7 Å². The maximum absolute atomic E-state index is 13.9. The number of amides is 3. The molecule has 2 unspecified atom stereocenters. The number of aromatic hydroxyl groups is 1. The molecule has 3 amide bonds. The van der Waals surface area contributed by atoms with Crippen molar-refractivity contribution in [3.63, 3.8) is 0 Å². The quantitative estimate of drug-likeness (QED) is 0.287. The number of halogens is 1. The van der Waals surface area contributed by atoms with Gasteiger partial charge in [-0.15, -0.1) is 0 Å². The van der Waals surface area contributed by atoms with Crippen LogP contribution >= 0.6 is 39.0 Å². The van der Waals surface area contributed by atoms with Gasteiger partial charge in [0.15, 0.2) is 0 Å². The summed E-state index contributed by atoms with van der Waals surface area (Å²) in [5.74, 6) is -2.24. The van der Waals surface area contributed by atoms with E-state index in [0.29, 0.717) is 32.6 Å². The van der Waals surface area contributed by atoms with Crippen LogP contribution in [0.4, 0.5) is 11.4 Å². The molecule has 3 aromatic carbocycles. The fraction of sp³-hybridized carbons (Fsp3) is 0.172. The van der Waals surface area contributed by atoms with Crippen LogP contribution in [-0.4, -0.2) is 39.8 Å². The Hall–Kier alpha value is -3.87. The summed E-state index contributed by atoms with van der Waals surface area (Å²) >= 11 is 5.42. The molecule has 3 heterocycles.